The number of rotatable bonds is 6. The van der Waals surface area contributed by atoms with E-state index in [2.05, 4.69) is 15.9 Å². The van der Waals surface area contributed by atoms with Gasteiger partial charge in [-0.3, -0.25) is 0 Å². The maximum absolute atomic E-state index is 13.2. The van der Waals surface area contributed by atoms with Gasteiger partial charge in [0.1, 0.15) is 0 Å². The quantitative estimate of drug-likeness (QED) is 0.772. The lowest BCUT2D eigenvalue weighted by Crippen LogP contribution is -2.36. The van der Waals surface area contributed by atoms with Crippen LogP contribution in [0.5, 0.6) is 0 Å². The molecular formula is C19H22BrNO3S. The average Bonchev–Trinajstić information content (AvgIpc) is 3.21. The van der Waals surface area contributed by atoms with Gasteiger partial charge in [-0.2, -0.15) is 0 Å². The lowest BCUT2D eigenvalue weighted by molar-refractivity contribution is 0.125. The van der Waals surface area contributed by atoms with Gasteiger partial charge in [0.05, 0.1) is 22.3 Å². The van der Waals surface area contributed by atoms with E-state index < -0.39 is 20.6 Å². The fraction of sp³-hybridized carbons (Fsp3) is 0.368. The summed E-state index contributed by atoms with van der Waals surface area (Å²) in [6, 6.07) is 14.6. The highest BCUT2D eigenvalue weighted by Gasteiger charge is 2.69. The van der Waals surface area contributed by atoms with Gasteiger partial charge in [0.15, 0.2) is 9.84 Å². The third kappa shape index (κ3) is 3.40. The molecule has 0 saturated heterocycles. The number of benzene rings is 2. The van der Waals surface area contributed by atoms with Crippen molar-refractivity contribution in [2.45, 2.75) is 35.4 Å². The minimum atomic E-state index is -3.54. The van der Waals surface area contributed by atoms with Crippen molar-refractivity contribution in [2.24, 2.45) is 5.73 Å². The largest absolute Gasteiger partial charge is 0.380 e. The van der Waals surface area contributed by atoms with E-state index in [4.69, 9.17) is 10.5 Å². The van der Waals surface area contributed by atoms with Crippen molar-refractivity contribution in [3.05, 3.63) is 64.1 Å². The van der Waals surface area contributed by atoms with E-state index in [1.54, 1.807) is 12.1 Å². The number of sulfone groups is 1. The fourth-order valence-corrected chi connectivity index (χ4v) is 5.93. The molecule has 3 atom stereocenters. The number of ether oxygens (including phenoxy) is 1. The Kier molecular flexibility index (Phi) is 5.08. The minimum Gasteiger partial charge on any atom is -0.380 e. The van der Waals surface area contributed by atoms with Gasteiger partial charge in [0, 0.05) is 17.0 Å². The van der Waals surface area contributed by atoms with Crippen molar-refractivity contribution in [1.29, 1.82) is 0 Å². The predicted molar refractivity (Wildman–Crippen MR) is 102 cm³/mol. The predicted octanol–water partition coefficient (Wildman–Crippen LogP) is 3.43. The molecule has 1 saturated carbocycles. The standard InChI is InChI=1S/C19H22BrNO3S/c1-3-24-12-19(21)17(14-6-8-15(20)9-7-14)18(19)25(22,23)16-10-4-13(2)5-11-16/h4-11,17-18H,3,12,21H2,1-2H3/t17-,18-,19+/m1/s1. The summed E-state index contributed by atoms with van der Waals surface area (Å²) in [5, 5.41) is -0.685. The molecule has 1 fully saturated rings. The lowest BCUT2D eigenvalue weighted by Gasteiger charge is -2.12. The Morgan fingerprint density at radius 2 is 1.72 bits per heavy atom. The number of nitrogens with two attached hydrogens (primary N) is 1. The third-order valence-corrected chi connectivity index (χ3v) is 7.61. The van der Waals surface area contributed by atoms with E-state index in [0.29, 0.717) is 11.5 Å². The molecule has 0 aromatic heterocycles. The van der Waals surface area contributed by atoms with E-state index in [1.165, 1.54) is 0 Å². The first-order valence-electron chi connectivity index (χ1n) is 8.23. The van der Waals surface area contributed by atoms with Crippen molar-refractivity contribution in [3.8, 4) is 0 Å². The number of aryl methyl sites for hydroxylation is 1. The first-order valence-corrected chi connectivity index (χ1v) is 10.6. The first-order chi connectivity index (χ1) is 11.8. The fourth-order valence-electron chi connectivity index (χ4n) is 3.37. The summed E-state index contributed by atoms with van der Waals surface area (Å²) in [5.41, 5.74) is 7.56. The molecule has 0 bridgehead atoms. The highest BCUT2D eigenvalue weighted by atomic mass is 79.9. The first kappa shape index (κ1) is 18.6. The van der Waals surface area contributed by atoms with E-state index in [9.17, 15) is 8.42 Å². The van der Waals surface area contributed by atoms with Gasteiger partial charge < -0.3 is 10.5 Å². The van der Waals surface area contributed by atoms with Crippen LogP contribution in [-0.2, 0) is 14.6 Å². The van der Waals surface area contributed by atoms with Gasteiger partial charge in [0.25, 0.3) is 0 Å². The maximum atomic E-state index is 13.2. The van der Waals surface area contributed by atoms with E-state index in [0.717, 1.165) is 15.6 Å². The molecule has 134 valence electrons. The molecule has 0 unspecified atom stereocenters. The maximum Gasteiger partial charge on any atom is 0.183 e. The number of halogens is 1. The Morgan fingerprint density at radius 3 is 2.28 bits per heavy atom. The molecule has 0 aliphatic heterocycles. The second-order valence-corrected chi connectivity index (χ2v) is 9.54. The number of hydrogen-bond acceptors (Lipinski definition) is 4. The molecule has 0 amide bonds. The zero-order valence-electron chi connectivity index (χ0n) is 14.3. The van der Waals surface area contributed by atoms with Crippen molar-refractivity contribution in [2.75, 3.05) is 13.2 Å². The molecular weight excluding hydrogens is 402 g/mol. The zero-order valence-corrected chi connectivity index (χ0v) is 16.7. The van der Waals surface area contributed by atoms with Gasteiger partial charge in [-0.1, -0.05) is 45.8 Å². The molecule has 0 spiro atoms. The Balaban J connectivity index is 1.99. The van der Waals surface area contributed by atoms with Crippen LogP contribution in [0.3, 0.4) is 0 Å². The van der Waals surface area contributed by atoms with Crippen LogP contribution in [0, 0.1) is 6.92 Å². The van der Waals surface area contributed by atoms with Crippen LogP contribution in [0.1, 0.15) is 24.0 Å². The summed E-state index contributed by atoms with van der Waals surface area (Å²) < 4.78 is 32.8. The zero-order chi connectivity index (χ0) is 18.2. The monoisotopic (exact) mass is 423 g/mol. The molecule has 1 aliphatic rings. The van der Waals surface area contributed by atoms with Crippen LogP contribution in [0.25, 0.3) is 0 Å². The van der Waals surface area contributed by atoms with Crippen molar-refractivity contribution in [3.63, 3.8) is 0 Å². The van der Waals surface area contributed by atoms with Crippen molar-refractivity contribution >= 4 is 25.8 Å². The molecule has 25 heavy (non-hydrogen) atoms. The van der Waals surface area contributed by atoms with Crippen LogP contribution >= 0.6 is 15.9 Å². The van der Waals surface area contributed by atoms with Gasteiger partial charge in [-0.05, 0) is 43.7 Å². The summed E-state index contributed by atoms with van der Waals surface area (Å²) in [6.07, 6.45) is 0. The summed E-state index contributed by atoms with van der Waals surface area (Å²) in [5.74, 6) is -0.279. The summed E-state index contributed by atoms with van der Waals surface area (Å²) in [4.78, 5) is 0.314. The van der Waals surface area contributed by atoms with E-state index in [-0.39, 0.29) is 12.5 Å². The molecule has 6 heteroatoms. The molecule has 2 aromatic rings. The Morgan fingerprint density at radius 1 is 1.12 bits per heavy atom. The summed E-state index contributed by atoms with van der Waals surface area (Å²) in [6.45, 7) is 4.54. The number of hydrogen-bond donors (Lipinski definition) is 1. The molecule has 2 aromatic carbocycles. The minimum absolute atomic E-state index is 0.222. The summed E-state index contributed by atoms with van der Waals surface area (Å²) in [7, 11) is -3.54. The van der Waals surface area contributed by atoms with Gasteiger partial charge in [-0.25, -0.2) is 8.42 Å². The van der Waals surface area contributed by atoms with Gasteiger partial charge >= 0.3 is 0 Å². The lowest BCUT2D eigenvalue weighted by atomic mass is 10.1. The Hall–Kier alpha value is -1.21. The second kappa shape index (κ2) is 6.83. The molecule has 4 nitrogen and oxygen atoms in total. The Labute approximate surface area is 157 Å². The van der Waals surface area contributed by atoms with Gasteiger partial charge in [0.2, 0.25) is 0 Å². The normalized spacial score (nSPS) is 25.8. The van der Waals surface area contributed by atoms with Crippen molar-refractivity contribution in [1.82, 2.24) is 0 Å². The molecule has 1 aliphatic carbocycles. The van der Waals surface area contributed by atoms with Crippen LogP contribution in [0.4, 0.5) is 0 Å². The third-order valence-electron chi connectivity index (χ3n) is 4.77. The smallest absolute Gasteiger partial charge is 0.183 e. The van der Waals surface area contributed by atoms with E-state index in [1.807, 2.05) is 50.2 Å². The van der Waals surface area contributed by atoms with E-state index >= 15 is 0 Å². The molecule has 0 heterocycles. The van der Waals surface area contributed by atoms with Crippen LogP contribution in [0.2, 0.25) is 0 Å². The summed E-state index contributed by atoms with van der Waals surface area (Å²) >= 11 is 3.41. The molecule has 3 rings (SSSR count). The second-order valence-electron chi connectivity index (χ2n) is 6.56. The highest BCUT2D eigenvalue weighted by Crippen LogP contribution is 2.55. The topological polar surface area (TPSA) is 69.4 Å². The Bertz CT molecular complexity index is 849. The molecule has 2 N–H and O–H groups in total. The van der Waals surface area contributed by atoms with Crippen LogP contribution < -0.4 is 5.73 Å². The van der Waals surface area contributed by atoms with Gasteiger partial charge in [-0.15, -0.1) is 0 Å². The van der Waals surface area contributed by atoms with Crippen molar-refractivity contribution < 1.29 is 13.2 Å². The SMILES string of the molecule is CCOC[C@]1(N)[C@H](c2ccc(Br)cc2)[C@H]1S(=O)(=O)c1ccc(C)cc1. The van der Waals surface area contributed by atoms with Crippen LogP contribution in [-0.4, -0.2) is 32.4 Å². The average molecular weight is 424 g/mol. The molecule has 0 radical (unpaired) electrons. The highest BCUT2D eigenvalue weighted by molar-refractivity contribution is 9.10. The van der Waals surface area contributed by atoms with Crippen LogP contribution in [0.15, 0.2) is 57.9 Å².